The number of aliphatic carboxylic acids is 1. The van der Waals surface area contributed by atoms with Crippen LogP contribution in [0.3, 0.4) is 0 Å². The Labute approximate surface area is 93.4 Å². The van der Waals surface area contributed by atoms with Gasteiger partial charge in [0.15, 0.2) is 0 Å². The summed E-state index contributed by atoms with van der Waals surface area (Å²) in [6.45, 7) is 1.43. The second-order valence-corrected chi connectivity index (χ2v) is 3.16. The van der Waals surface area contributed by atoms with Crippen LogP contribution in [0.2, 0.25) is 0 Å². The van der Waals surface area contributed by atoms with Crippen LogP contribution in [-0.4, -0.2) is 54.7 Å². The van der Waals surface area contributed by atoms with Gasteiger partial charge in [-0.1, -0.05) is 6.92 Å². The second-order valence-electron chi connectivity index (χ2n) is 3.16. The number of rotatable bonds is 6. The summed E-state index contributed by atoms with van der Waals surface area (Å²) in [5.74, 6) is -1.82. The van der Waals surface area contributed by atoms with Crippen LogP contribution in [0.25, 0.3) is 0 Å². The van der Waals surface area contributed by atoms with Gasteiger partial charge in [0.1, 0.15) is 13.2 Å². The van der Waals surface area contributed by atoms with Gasteiger partial charge in [-0.2, -0.15) is 0 Å². The van der Waals surface area contributed by atoms with Crippen LogP contribution in [0.15, 0.2) is 0 Å². The fourth-order valence-corrected chi connectivity index (χ4v) is 0.919. The van der Waals surface area contributed by atoms with Gasteiger partial charge in [0.2, 0.25) is 0 Å². The average molecular weight is 232 g/mol. The molecule has 0 aromatic heterocycles. The largest absolute Gasteiger partial charge is 0.480 e. The monoisotopic (exact) mass is 232 g/mol. The van der Waals surface area contributed by atoms with E-state index in [-0.39, 0.29) is 0 Å². The molecule has 2 N–H and O–H groups in total. The van der Waals surface area contributed by atoms with Gasteiger partial charge in [-0.05, 0) is 6.42 Å². The first kappa shape index (κ1) is 14.4. The molecule has 7 heteroatoms. The number of carbonyl (C=O) groups excluding carboxylic acids is 2. The zero-order valence-corrected chi connectivity index (χ0v) is 9.36. The smallest absolute Gasteiger partial charge is 0.329 e. The number of hydrogen-bond donors (Lipinski definition) is 2. The maximum absolute atomic E-state index is 11.3. The minimum Gasteiger partial charge on any atom is -0.480 e. The van der Waals surface area contributed by atoms with Crippen LogP contribution >= 0.6 is 0 Å². The van der Waals surface area contributed by atoms with Crippen molar-refractivity contribution in [2.45, 2.75) is 13.3 Å². The predicted octanol–water partition coefficient (Wildman–Crippen LogP) is -0.334. The lowest BCUT2D eigenvalue weighted by Gasteiger charge is -2.15. The van der Waals surface area contributed by atoms with Gasteiger partial charge in [0.05, 0.1) is 0 Å². The van der Waals surface area contributed by atoms with Crippen LogP contribution in [-0.2, 0) is 14.3 Å². The van der Waals surface area contributed by atoms with Crippen molar-refractivity contribution in [3.05, 3.63) is 0 Å². The van der Waals surface area contributed by atoms with Gasteiger partial charge in [-0.3, -0.25) is 10.1 Å². The topological polar surface area (TPSA) is 95.9 Å². The number of carbonyl (C=O) groups is 3. The van der Waals surface area contributed by atoms with E-state index in [4.69, 9.17) is 5.11 Å². The Morgan fingerprint density at radius 3 is 2.44 bits per heavy atom. The maximum Gasteiger partial charge on any atom is 0.329 e. The number of carboxylic acid groups (broad SMARTS) is 1. The molecule has 0 aromatic rings. The number of ether oxygens (including phenoxy) is 1. The van der Waals surface area contributed by atoms with E-state index in [0.717, 1.165) is 6.42 Å². The third-order valence-corrected chi connectivity index (χ3v) is 1.61. The molecule has 0 spiro atoms. The SMILES string of the molecule is CCCN(C)C(=O)NC(=O)COCC(=O)O. The van der Waals surface area contributed by atoms with Crippen LogP contribution in [0.4, 0.5) is 4.79 Å². The van der Waals surface area contributed by atoms with E-state index < -0.39 is 31.1 Å². The van der Waals surface area contributed by atoms with Crippen molar-refractivity contribution in [3.63, 3.8) is 0 Å². The van der Waals surface area contributed by atoms with Crippen molar-refractivity contribution in [2.24, 2.45) is 0 Å². The minimum absolute atomic E-state index is 0.446. The Morgan fingerprint density at radius 1 is 1.31 bits per heavy atom. The van der Waals surface area contributed by atoms with E-state index in [1.54, 1.807) is 7.05 Å². The molecule has 0 fully saturated rings. The first-order chi connectivity index (χ1) is 7.47. The maximum atomic E-state index is 11.3. The van der Waals surface area contributed by atoms with E-state index in [1.807, 2.05) is 6.92 Å². The standard InChI is InChI=1S/C9H16N2O5/c1-3-4-11(2)9(15)10-7(12)5-16-6-8(13)14/h3-6H2,1-2H3,(H,13,14)(H,10,12,15). The summed E-state index contributed by atoms with van der Waals surface area (Å²) in [4.78, 5) is 33.8. The molecule has 0 saturated heterocycles. The number of urea groups is 1. The van der Waals surface area contributed by atoms with Crippen molar-refractivity contribution in [3.8, 4) is 0 Å². The molecule has 0 rings (SSSR count). The molecule has 0 aliphatic carbocycles. The summed E-state index contributed by atoms with van der Waals surface area (Å²) in [5, 5.41) is 10.3. The molecule has 0 aliphatic rings. The highest BCUT2D eigenvalue weighted by atomic mass is 16.5. The molecule has 3 amide bonds. The van der Waals surface area contributed by atoms with E-state index in [0.29, 0.717) is 6.54 Å². The van der Waals surface area contributed by atoms with E-state index in [9.17, 15) is 14.4 Å². The van der Waals surface area contributed by atoms with Crippen LogP contribution in [0.5, 0.6) is 0 Å². The summed E-state index contributed by atoms with van der Waals surface area (Å²) in [6, 6.07) is -0.522. The van der Waals surface area contributed by atoms with Gasteiger partial charge in [-0.25, -0.2) is 9.59 Å². The highest BCUT2D eigenvalue weighted by Crippen LogP contribution is 1.87. The minimum atomic E-state index is -1.16. The van der Waals surface area contributed by atoms with Crippen LogP contribution in [0, 0.1) is 0 Å². The zero-order chi connectivity index (χ0) is 12.6. The Kier molecular flexibility index (Phi) is 6.86. The molecule has 0 radical (unpaired) electrons. The molecule has 0 saturated carbocycles. The van der Waals surface area contributed by atoms with Gasteiger partial charge in [-0.15, -0.1) is 0 Å². The quantitative estimate of drug-likeness (QED) is 0.653. The third kappa shape index (κ3) is 6.77. The fourth-order valence-electron chi connectivity index (χ4n) is 0.919. The Morgan fingerprint density at radius 2 is 1.94 bits per heavy atom. The lowest BCUT2D eigenvalue weighted by atomic mass is 10.4. The lowest BCUT2D eigenvalue weighted by Crippen LogP contribution is -2.42. The predicted molar refractivity (Wildman–Crippen MR) is 54.9 cm³/mol. The molecular formula is C9H16N2O5. The molecule has 0 bridgehead atoms. The first-order valence-corrected chi connectivity index (χ1v) is 4.81. The summed E-state index contributed by atoms with van der Waals surface area (Å²) in [5.41, 5.74) is 0. The number of imide groups is 1. The van der Waals surface area contributed by atoms with Crippen LogP contribution in [0.1, 0.15) is 13.3 Å². The molecular weight excluding hydrogens is 216 g/mol. The molecule has 16 heavy (non-hydrogen) atoms. The first-order valence-electron chi connectivity index (χ1n) is 4.81. The summed E-state index contributed by atoms with van der Waals surface area (Å²) < 4.78 is 4.52. The van der Waals surface area contributed by atoms with Gasteiger partial charge in [0.25, 0.3) is 5.91 Å². The lowest BCUT2D eigenvalue weighted by molar-refractivity contribution is -0.143. The highest BCUT2D eigenvalue weighted by molar-refractivity contribution is 5.94. The fraction of sp³-hybridized carbons (Fsp3) is 0.667. The van der Waals surface area contributed by atoms with Gasteiger partial charge < -0.3 is 14.7 Å². The third-order valence-electron chi connectivity index (χ3n) is 1.61. The summed E-state index contributed by atoms with van der Waals surface area (Å²) >= 11 is 0. The van der Waals surface area contributed by atoms with Crippen molar-refractivity contribution in [2.75, 3.05) is 26.8 Å². The van der Waals surface area contributed by atoms with E-state index in [2.05, 4.69) is 10.1 Å². The number of hydrogen-bond acceptors (Lipinski definition) is 4. The van der Waals surface area contributed by atoms with Crippen molar-refractivity contribution in [1.29, 1.82) is 0 Å². The molecule has 0 heterocycles. The second kappa shape index (κ2) is 7.63. The average Bonchev–Trinajstić information content (AvgIpc) is 2.17. The van der Waals surface area contributed by atoms with Gasteiger partial charge in [0, 0.05) is 13.6 Å². The summed E-state index contributed by atoms with van der Waals surface area (Å²) in [6.07, 6.45) is 0.785. The normalized spacial score (nSPS) is 9.62. The number of nitrogens with zero attached hydrogens (tertiary/aromatic N) is 1. The Bertz CT molecular complexity index is 267. The molecule has 0 aromatic carbocycles. The molecule has 7 nitrogen and oxygen atoms in total. The number of amides is 3. The van der Waals surface area contributed by atoms with Gasteiger partial charge >= 0.3 is 12.0 Å². The molecule has 92 valence electrons. The summed E-state index contributed by atoms with van der Waals surface area (Å²) in [7, 11) is 1.56. The number of carboxylic acids is 1. The molecule has 0 unspecified atom stereocenters. The zero-order valence-electron chi connectivity index (χ0n) is 9.36. The van der Waals surface area contributed by atoms with Crippen LogP contribution < -0.4 is 5.32 Å². The highest BCUT2D eigenvalue weighted by Gasteiger charge is 2.11. The van der Waals surface area contributed by atoms with Crippen molar-refractivity contribution in [1.82, 2.24) is 10.2 Å². The van der Waals surface area contributed by atoms with Crippen molar-refractivity contribution >= 4 is 17.9 Å². The molecule has 0 aliphatic heterocycles. The number of nitrogens with one attached hydrogen (secondary N) is 1. The Balaban J connectivity index is 3.78. The molecule has 0 atom stereocenters. The van der Waals surface area contributed by atoms with E-state index >= 15 is 0 Å². The Hall–Kier alpha value is -1.63. The van der Waals surface area contributed by atoms with Crippen molar-refractivity contribution < 1.29 is 24.2 Å². The van der Waals surface area contributed by atoms with E-state index in [1.165, 1.54) is 4.90 Å².